The summed E-state index contributed by atoms with van der Waals surface area (Å²) in [5.74, 6) is 2.14. The first kappa shape index (κ1) is 18.1. The standard InChI is InChI=1S/C20H28N2O3S/c1-24-18-7-3-2-6-16(18)11-21-14-20(15-21)10-17(13-26-20)25-12-19(23)22-8-4-5-9-22/h2-3,6-7,17H,4-5,8-15H2,1H3/t17-/m1/s1. The number of benzene rings is 1. The normalized spacial score (nSPS) is 24.8. The minimum Gasteiger partial charge on any atom is -0.496 e. The zero-order valence-electron chi connectivity index (χ0n) is 15.5. The Labute approximate surface area is 160 Å². The molecule has 142 valence electrons. The van der Waals surface area contributed by atoms with Crippen LogP contribution in [0, 0.1) is 0 Å². The van der Waals surface area contributed by atoms with Gasteiger partial charge in [0.15, 0.2) is 0 Å². The zero-order valence-corrected chi connectivity index (χ0v) is 16.3. The van der Waals surface area contributed by atoms with Crippen molar-refractivity contribution in [3.05, 3.63) is 29.8 Å². The van der Waals surface area contributed by atoms with Crippen LogP contribution in [0.25, 0.3) is 0 Å². The average molecular weight is 377 g/mol. The first-order valence-corrected chi connectivity index (χ1v) is 10.5. The number of likely N-dealkylation sites (tertiary alicyclic amines) is 2. The van der Waals surface area contributed by atoms with Crippen molar-refractivity contribution < 1.29 is 14.3 Å². The number of hydrogen-bond acceptors (Lipinski definition) is 5. The molecule has 3 aliphatic rings. The Morgan fingerprint density at radius 3 is 2.81 bits per heavy atom. The molecule has 5 nitrogen and oxygen atoms in total. The number of rotatable bonds is 6. The van der Waals surface area contributed by atoms with Crippen LogP contribution >= 0.6 is 11.8 Å². The summed E-state index contributed by atoms with van der Waals surface area (Å²) in [5.41, 5.74) is 1.25. The molecule has 0 aliphatic carbocycles. The molecule has 0 N–H and O–H groups in total. The van der Waals surface area contributed by atoms with E-state index in [-0.39, 0.29) is 18.6 Å². The fourth-order valence-electron chi connectivity index (χ4n) is 4.33. The predicted octanol–water partition coefficient (Wildman–Crippen LogP) is 2.39. The van der Waals surface area contributed by atoms with E-state index >= 15 is 0 Å². The highest BCUT2D eigenvalue weighted by atomic mass is 32.2. The highest BCUT2D eigenvalue weighted by molar-refractivity contribution is 8.01. The number of carbonyl (C=O) groups excluding carboxylic acids is 1. The first-order valence-electron chi connectivity index (χ1n) is 9.55. The summed E-state index contributed by atoms with van der Waals surface area (Å²) in [6.07, 6.45) is 3.56. The molecule has 3 fully saturated rings. The van der Waals surface area contributed by atoms with Gasteiger partial charge in [-0.05, 0) is 25.3 Å². The molecule has 0 unspecified atom stereocenters. The van der Waals surface area contributed by atoms with Gasteiger partial charge < -0.3 is 14.4 Å². The van der Waals surface area contributed by atoms with Crippen molar-refractivity contribution in [1.82, 2.24) is 9.80 Å². The van der Waals surface area contributed by atoms with Gasteiger partial charge in [-0.1, -0.05) is 18.2 Å². The number of methoxy groups -OCH3 is 1. The summed E-state index contributed by atoms with van der Waals surface area (Å²) in [6.45, 7) is 5.19. The van der Waals surface area contributed by atoms with E-state index < -0.39 is 0 Å². The molecule has 1 aromatic rings. The highest BCUT2D eigenvalue weighted by Gasteiger charge is 2.49. The van der Waals surface area contributed by atoms with Crippen LogP contribution in [0.3, 0.4) is 0 Å². The van der Waals surface area contributed by atoms with Gasteiger partial charge in [-0.25, -0.2) is 0 Å². The lowest BCUT2D eigenvalue weighted by Crippen LogP contribution is -2.58. The minimum atomic E-state index is 0.167. The van der Waals surface area contributed by atoms with Crippen molar-refractivity contribution in [3.8, 4) is 5.75 Å². The average Bonchev–Trinajstić information content (AvgIpc) is 3.30. The maximum Gasteiger partial charge on any atom is 0.248 e. The topological polar surface area (TPSA) is 42.0 Å². The van der Waals surface area contributed by atoms with Crippen LogP contribution in [0.2, 0.25) is 0 Å². The van der Waals surface area contributed by atoms with Crippen LogP contribution in [0.4, 0.5) is 0 Å². The molecule has 3 heterocycles. The Morgan fingerprint density at radius 2 is 2.04 bits per heavy atom. The van der Waals surface area contributed by atoms with Gasteiger partial charge in [0.2, 0.25) is 5.91 Å². The van der Waals surface area contributed by atoms with Crippen LogP contribution in [0.15, 0.2) is 24.3 Å². The van der Waals surface area contributed by atoms with E-state index in [1.807, 2.05) is 28.8 Å². The molecule has 3 aliphatic heterocycles. The molecule has 6 heteroatoms. The number of nitrogens with zero attached hydrogens (tertiary/aromatic N) is 2. The Hall–Kier alpha value is -1.24. The van der Waals surface area contributed by atoms with Crippen LogP contribution in [0.5, 0.6) is 5.75 Å². The van der Waals surface area contributed by atoms with E-state index in [0.29, 0.717) is 4.75 Å². The molecule has 0 saturated carbocycles. The zero-order chi connectivity index (χ0) is 18.0. The first-order chi connectivity index (χ1) is 12.7. The van der Waals surface area contributed by atoms with Crippen molar-refractivity contribution in [2.75, 3.05) is 45.6 Å². The van der Waals surface area contributed by atoms with Crippen molar-refractivity contribution in [1.29, 1.82) is 0 Å². The summed E-state index contributed by atoms with van der Waals surface area (Å²) in [5, 5.41) is 0. The fraction of sp³-hybridized carbons (Fsp3) is 0.650. The molecule has 4 rings (SSSR count). The van der Waals surface area contributed by atoms with E-state index in [1.165, 1.54) is 5.56 Å². The number of carbonyl (C=O) groups is 1. The molecule has 0 aromatic heterocycles. The largest absolute Gasteiger partial charge is 0.496 e. The van der Waals surface area contributed by atoms with Crippen LogP contribution < -0.4 is 4.74 Å². The number of thioether (sulfide) groups is 1. The van der Waals surface area contributed by atoms with Gasteiger partial charge in [-0.3, -0.25) is 9.69 Å². The second-order valence-corrected chi connectivity index (χ2v) is 9.16. The maximum atomic E-state index is 12.1. The molecule has 0 bridgehead atoms. The summed E-state index contributed by atoms with van der Waals surface area (Å²) in [6, 6.07) is 8.25. The van der Waals surface area contributed by atoms with E-state index in [4.69, 9.17) is 9.47 Å². The molecule has 26 heavy (non-hydrogen) atoms. The van der Waals surface area contributed by atoms with Crippen molar-refractivity contribution in [2.24, 2.45) is 0 Å². The van der Waals surface area contributed by atoms with Gasteiger partial charge in [0.05, 0.1) is 13.2 Å². The fourth-order valence-corrected chi connectivity index (χ4v) is 5.94. The molecule has 1 atom stereocenters. The number of para-hydroxylation sites is 1. The van der Waals surface area contributed by atoms with Gasteiger partial charge >= 0.3 is 0 Å². The SMILES string of the molecule is COc1ccccc1CN1CC2(C[C@@H](OCC(=O)N3CCCC3)CS2)C1. The third-order valence-corrected chi connectivity index (χ3v) is 7.26. The summed E-state index contributed by atoms with van der Waals surface area (Å²) in [4.78, 5) is 16.6. The van der Waals surface area contributed by atoms with Crippen LogP contribution in [-0.4, -0.2) is 72.2 Å². The number of ether oxygens (including phenoxy) is 2. The second-order valence-electron chi connectivity index (χ2n) is 7.68. The molecular formula is C20H28N2O3S. The van der Waals surface area contributed by atoms with Gasteiger partial charge in [-0.15, -0.1) is 11.8 Å². The Balaban J connectivity index is 1.22. The third kappa shape index (κ3) is 3.87. The van der Waals surface area contributed by atoms with Gasteiger partial charge in [0.1, 0.15) is 12.4 Å². The lowest BCUT2D eigenvalue weighted by Gasteiger charge is -2.47. The lowest BCUT2D eigenvalue weighted by molar-refractivity contribution is -0.136. The summed E-state index contributed by atoms with van der Waals surface area (Å²) < 4.78 is 11.7. The van der Waals surface area contributed by atoms with E-state index in [0.717, 1.165) is 63.5 Å². The second kappa shape index (κ2) is 7.79. The smallest absolute Gasteiger partial charge is 0.248 e. The van der Waals surface area contributed by atoms with Crippen molar-refractivity contribution >= 4 is 17.7 Å². The monoisotopic (exact) mass is 376 g/mol. The molecule has 1 spiro atoms. The quantitative estimate of drug-likeness (QED) is 0.763. The molecule has 1 amide bonds. The predicted molar refractivity (Wildman–Crippen MR) is 104 cm³/mol. The number of hydrogen-bond donors (Lipinski definition) is 0. The lowest BCUT2D eigenvalue weighted by atomic mass is 9.92. The summed E-state index contributed by atoms with van der Waals surface area (Å²) >= 11 is 2.02. The Morgan fingerprint density at radius 1 is 1.27 bits per heavy atom. The molecular weight excluding hydrogens is 348 g/mol. The third-order valence-electron chi connectivity index (χ3n) is 5.69. The van der Waals surface area contributed by atoms with Crippen molar-refractivity contribution in [2.45, 2.75) is 36.7 Å². The maximum absolute atomic E-state index is 12.1. The van der Waals surface area contributed by atoms with E-state index in [1.54, 1.807) is 7.11 Å². The number of amides is 1. The van der Waals surface area contributed by atoms with Crippen LogP contribution in [-0.2, 0) is 16.1 Å². The summed E-state index contributed by atoms with van der Waals surface area (Å²) in [7, 11) is 1.73. The Kier molecular flexibility index (Phi) is 5.43. The minimum absolute atomic E-state index is 0.167. The Bertz CT molecular complexity index is 642. The van der Waals surface area contributed by atoms with Gasteiger partial charge in [0.25, 0.3) is 0 Å². The van der Waals surface area contributed by atoms with E-state index in [9.17, 15) is 4.79 Å². The van der Waals surface area contributed by atoms with E-state index in [2.05, 4.69) is 17.0 Å². The van der Waals surface area contributed by atoms with Crippen molar-refractivity contribution in [3.63, 3.8) is 0 Å². The van der Waals surface area contributed by atoms with Gasteiger partial charge in [0, 0.05) is 48.8 Å². The van der Waals surface area contributed by atoms with Crippen LogP contribution in [0.1, 0.15) is 24.8 Å². The highest BCUT2D eigenvalue weighted by Crippen LogP contribution is 2.46. The molecule has 3 saturated heterocycles. The van der Waals surface area contributed by atoms with Gasteiger partial charge in [-0.2, -0.15) is 0 Å². The molecule has 1 aromatic carbocycles. The molecule has 0 radical (unpaired) electrons.